The van der Waals surface area contributed by atoms with Crippen LogP contribution in [0.25, 0.3) is 0 Å². The number of hydrogen-bond donors (Lipinski definition) is 1. The van der Waals surface area contributed by atoms with E-state index >= 15 is 0 Å². The molecule has 1 atom stereocenters. The lowest BCUT2D eigenvalue weighted by atomic mass is 10.1. The van der Waals surface area contributed by atoms with E-state index in [1.54, 1.807) is 6.07 Å². The Bertz CT molecular complexity index is 678. The van der Waals surface area contributed by atoms with Crippen molar-refractivity contribution in [3.63, 3.8) is 0 Å². The molecule has 2 rings (SSSR count). The van der Waals surface area contributed by atoms with Crippen molar-refractivity contribution < 1.29 is 18.6 Å². The molecule has 102 valence electrons. The van der Waals surface area contributed by atoms with Gasteiger partial charge < -0.3 is 9.84 Å². The minimum Gasteiger partial charge on any atom is -0.451 e. The molecule has 3 nitrogen and oxygen atoms in total. The average Bonchev–Trinajstić information content (AvgIpc) is 2.42. The van der Waals surface area contributed by atoms with E-state index in [2.05, 4.69) is 0 Å². The first-order valence-corrected chi connectivity index (χ1v) is 5.87. The number of rotatable bonds is 3. The monoisotopic (exact) mass is 275 g/mol. The highest BCUT2D eigenvalue weighted by Gasteiger charge is 2.16. The molecule has 0 fully saturated rings. The van der Waals surface area contributed by atoms with Crippen molar-refractivity contribution in [2.45, 2.75) is 13.0 Å². The van der Waals surface area contributed by atoms with Crippen LogP contribution in [0.1, 0.15) is 24.2 Å². The minimum atomic E-state index is -0.956. The van der Waals surface area contributed by atoms with Crippen molar-refractivity contribution in [3.05, 3.63) is 59.2 Å². The van der Waals surface area contributed by atoms with E-state index in [-0.39, 0.29) is 22.6 Å². The van der Waals surface area contributed by atoms with Crippen molar-refractivity contribution in [3.8, 4) is 17.6 Å². The van der Waals surface area contributed by atoms with E-state index in [1.807, 2.05) is 0 Å². The number of nitriles is 1. The molecule has 0 spiro atoms. The van der Waals surface area contributed by atoms with E-state index in [9.17, 15) is 13.9 Å². The summed E-state index contributed by atoms with van der Waals surface area (Å²) in [5, 5.41) is 18.2. The van der Waals surface area contributed by atoms with Gasteiger partial charge in [-0.1, -0.05) is 12.1 Å². The Balaban J connectivity index is 2.43. The molecule has 0 aliphatic carbocycles. The first-order chi connectivity index (χ1) is 9.52. The molecular weight excluding hydrogens is 264 g/mol. The number of nitrogens with zero attached hydrogens (tertiary/aromatic N) is 1. The first kappa shape index (κ1) is 14.0. The summed E-state index contributed by atoms with van der Waals surface area (Å²) in [4.78, 5) is 0. The van der Waals surface area contributed by atoms with Gasteiger partial charge in [0.25, 0.3) is 0 Å². The van der Waals surface area contributed by atoms with Gasteiger partial charge in [-0.05, 0) is 31.2 Å². The summed E-state index contributed by atoms with van der Waals surface area (Å²) in [6.45, 7) is 1.46. The molecule has 20 heavy (non-hydrogen) atoms. The molecule has 0 saturated heterocycles. The van der Waals surface area contributed by atoms with Crippen LogP contribution < -0.4 is 4.74 Å². The van der Waals surface area contributed by atoms with Crippen molar-refractivity contribution in [1.29, 1.82) is 5.26 Å². The molecule has 2 aromatic carbocycles. The summed E-state index contributed by atoms with van der Waals surface area (Å²) >= 11 is 0. The summed E-state index contributed by atoms with van der Waals surface area (Å²) < 4.78 is 32.7. The fraction of sp³-hybridized carbons (Fsp3) is 0.133. The molecule has 2 aromatic rings. The molecule has 0 radical (unpaired) electrons. The smallest absolute Gasteiger partial charge is 0.168 e. The zero-order valence-corrected chi connectivity index (χ0v) is 10.6. The highest BCUT2D eigenvalue weighted by molar-refractivity contribution is 5.42. The largest absolute Gasteiger partial charge is 0.451 e. The molecule has 0 unspecified atom stereocenters. The fourth-order valence-electron chi connectivity index (χ4n) is 1.73. The van der Waals surface area contributed by atoms with Crippen LogP contribution in [0.2, 0.25) is 0 Å². The van der Waals surface area contributed by atoms with Gasteiger partial charge in [-0.2, -0.15) is 5.26 Å². The quantitative estimate of drug-likeness (QED) is 0.929. The van der Waals surface area contributed by atoms with E-state index in [1.165, 1.54) is 31.2 Å². The summed E-state index contributed by atoms with van der Waals surface area (Å²) in [6.07, 6.45) is -0.956. The van der Waals surface area contributed by atoms with Crippen LogP contribution in [0.4, 0.5) is 8.78 Å². The topological polar surface area (TPSA) is 53.2 Å². The summed E-state index contributed by atoms with van der Waals surface area (Å²) in [5.74, 6) is -1.92. The van der Waals surface area contributed by atoms with Crippen LogP contribution in [0.3, 0.4) is 0 Å². The molecule has 0 heterocycles. The number of halogens is 2. The second-order valence-electron chi connectivity index (χ2n) is 4.19. The van der Waals surface area contributed by atoms with Gasteiger partial charge in [0.15, 0.2) is 23.1 Å². The zero-order valence-electron chi connectivity index (χ0n) is 10.6. The van der Waals surface area contributed by atoms with Crippen LogP contribution in [0.15, 0.2) is 36.4 Å². The number of benzene rings is 2. The van der Waals surface area contributed by atoms with E-state index in [4.69, 9.17) is 10.00 Å². The van der Waals surface area contributed by atoms with Gasteiger partial charge >= 0.3 is 0 Å². The van der Waals surface area contributed by atoms with E-state index < -0.39 is 17.7 Å². The van der Waals surface area contributed by atoms with Crippen LogP contribution in [-0.2, 0) is 0 Å². The third-order valence-electron chi connectivity index (χ3n) is 2.72. The number of ether oxygens (including phenoxy) is 1. The Kier molecular flexibility index (Phi) is 3.97. The summed E-state index contributed by atoms with van der Waals surface area (Å²) in [6, 6.07) is 9.47. The summed E-state index contributed by atoms with van der Waals surface area (Å²) in [7, 11) is 0. The molecule has 0 bridgehead atoms. The predicted octanol–water partition coefficient (Wildman–Crippen LogP) is 3.68. The number of para-hydroxylation sites is 1. The Morgan fingerprint density at radius 3 is 2.55 bits per heavy atom. The van der Waals surface area contributed by atoms with Crippen LogP contribution in [-0.4, -0.2) is 5.11 Å². The lowest BCUT2D eigenvalue weighted by Crippen LogP contribution is -2.00. The van der Waals surface area contributed by atoms with Gasteiger partial charge in [-0.25, -0.2) is 8.78 Å². The number of aliphatic hydroxyl groups excluding tert-OH is 1. The molecule has 1 N–H and O–H groups in total. The Morgan fingerprint density at radius 2 is 1.95 bits per heavy atom. The lowest BCUT2D eigenvalue weighted by molar-refractivity contribution is 0.194. The zero-order chi connectivity index (χ0) is 14.7. The standard InChI is InChI=1S/C15H11F2NO2/c1-9(19)11-3-2-4-12(16)15(11)20-14-6-5-10(8-18)7-13(14)17/h2-7,9,19H,1H3/t9-/m0/s1. The molecule has 0 aliphatic heterocycles. The predicted molar refractivity (Wildman–Crippen MR) is 68.2 cm³/mol. The second-order valence-corrected chi connectivity index (χ2v) is 4.19. The second kappa shape index (κ2) is 5.68. The van der Waals surface area contributed by atoms with Crippen LogP contribution >= 0.6 is 0 Å². The maximum atomic E-state index is 13.8. The van der Waals surface area contributed by atoms with Gasteiger partial charge in [-0.3, -0.25) is 0 Å². The minimum absolute atomic E-state index is 0.138. The van der Waals surface area contributed by atoms with Gasteiger partial charge in [0, 0.05) is 5.56 Å². The van der Waals surface area contributed by atoms with Crippen molar-refractivity contribution >= 4 is 0 Å². The third kappa shape index (κ3) is 2.76. The highest BCUT2D eigenvalue weighted by atomic mass is 19.1. The summed E-state index contributed by atoms with van der Waals surface area (Å²) in [5.41, 5.74) is 0.355. The van der Waals surface area contributed by atoms with Gasteiger partial charge in [0.1, 0.15) is 0 Å². The molecule has 5 heteroatoms. The van der Waals surface area contributed by atoms with Crippen molar-refractivity contribution in [1.82, 2.24) is 0 Å². The molecule has 0 aromatic heterocycles. The molecule has 0 saturated carbocycles. The van der Waals surface area contributed by atoms with E-state index in [0.29, 0.717) is 0 Å². The van der Waals surface area contributed by atoms with Gasteiger partial charge in [-0.15, -0.1) is 0 Å². The van der Waals surface area contributed by atoms with Crippen molar-refractivity contribution in [2.75, 3.05) is 0 Å². The first-order valence-electron chi connectivity index (χ1n) is 5.87. The molecule has 0 aliphatic rings. The van der Waals surface area contributed by atoms with Crippen molar-refractivity contribution in [2.24, 2.45) is 0 Å². The normalized spacial score (nSPS) is 11.8. The maximum Gasteiger partial charge on any atom is 0.168 e. The Hall–Kier alpha value is -2.45. The molecule has 0 amide bonds. The lowest BCUT2D eigenvalue weighted by Gasteiger charge is -2.14. The molecular formula is C15H11F2NO2. The maximum absolute atomic E-state index is 13.8. The Labute approximate surface area is 114 Å². The van der Waals surface area contributed by atoms with Gasteiger partial charge in [0.05, 0.1) is 17.7 Å². The number of aliphatic hydroxyl groups is 1. The average molecular weight is 275 g/mol. The third-order valence-corrected chi connectivity index (χ3v) is 2.72. The SMILES string of the molecule is C[C@H](O)c1cccc(F)c1Oc1ccc(C#N)cc1F. The number of hydrogen-bond acceptors (Lipinski definition) is 3. The van der Waals surface area contributed by atoms with Crippen LogP contribution in [0, 0.1) is 23.0 Å². The van der Waals surface area contributed by atoms with Crippen LogP contribution in [0.5, 0.6) is 11.5 Å². The fourth-order valence-corrected chi connectivity index (χ4v) is 1.73. The van der Waals surface area contributed by atoms with Gasteiger partial charge in [0.2, 0.25) is 0 Å². The Morgan fingerprint density at radius 1 is 1.20 bits per heavy atom. The highest BCUT2D eigenvalue weighted by Crippen LogP contribution is 2.33. The van der Waals surface area contributed by atoms with E-state index in [0.717, 1.165) is 12.1 Å².